The molecule has 0 aliphatic heterocycles. The van der Waals surface area contributed by atoms with Crippen LogP contribution in [0.3, 0.4) is 0 Å². The summed E-state index contributed by atoms with van der Waals surface area (Å²) in [7, 11) is -2.81. The molecule has 0 N–H and O–H groups in total. The Balaban J connectivity index is 2.15. The monoisotopic (exact) mass is 440 g/mol. The van der Waals surface area contributed by atoms with Crippen LogP contribution in [0.4, 0.5) is 0 Å². The highest BCUT2D eigenvalue weighted by atomic mass is 28.4. The Morgan fingerprint density at radius 3 is 1.61 bits per heavy atom. The molecule has 0 aromatic heterocycles. The van der Waals surface area contributed by atoms with Crippen molar-refractivity contribution in [3.05, 3.63) is 60.7 Å². The molecule has 0 fully saturated rings. The van der Waals surface area contributed by atoms with Crippen molar-refractivity contribution in [2.24, 2.45) is 5.41 Å². The highest BCUT2D eigenvalue weighted by Gasteiger charge is 2.45. The van der Waals surface area contributed by atoms with Crippen LogP contribution >= 0.6 is 0 Å². The molecule has 0 aliphatic rings. The topological polar surface area (TPSA) is 18.5 Å². The third-order valence-corrected chi connectivity index (χ3v) is 9.66. The molecule has 3 heteroatoms. The van der Waals surface area contributed by atoms with Gasteiger partial charge < -0.3 is 8.85 Å². The molecule has 172 valence electrons. The minimum atomic E-state index is -2.81. The lowest BCUT2D eigenvalue weighted by atomic mass is 9.91. The van der Waals surface area contributed by atoms with Gasteiger partial charge >= 0.3 is 8.56 Å². The van der Waals surface area contributed by atoms with E-state index in [1.165, 1.54) is 55.3 Å². The van der Waals surface area contributed by atoms with E-state index in [2.05, 4.69) is 95.3 Å². The van der Waals surface area contributed by atoms with Gasteiger partial charge in [0, 0.05) is 12.7 Å². The maximum atomic E-state index is 6.96. The van der Waals surface area contributed by atoms with E-state index in [-0.39, 0.29) is 11.5 Å². The molecule has 0 radical (unpaired) electrons. The van der Waals surface area contributed by atoms with E-state index in [0.717, 1.165) is 13.0 Å². The summed E-state index contributed by atoms with van der Waals surface area (Å²) in [5.74, 6) is 0. The van der Waals surface area contributed by atoms with Crippen LogP contribution in [0, 0.1) is 5.41 Å². The van der Waals surface area contributed by atoms with Crippen molar-refractivity contribution >= 4 is 18.9 Å². The lowest BCUT2D eigenvalue weighted by Gasteiger charge is -2.38. The summed E-state index contributed by atoms with van der Waals surface area (Å²) in [4.78, 5) is 0. The Labute approximate surface area is 192 Å². The van der Waals surface area contributed by atoms with Gasteiger partial charge in [0.15, 0.2) is 0 Å². The largest absolute Gasteiger partial charge is 0.407 e. The molecular weight excluding hydrogens is 396 g/mol. The van der Waals surface area contributed by atoms with Crippen LogP contribution in [-0.4, -0.2) is 21.3 Å². The van der Waals surface area contributed by atoms with E-state index in [1.54, 1.807) is 0 Å². The van der Waals surface area contributed by atoms with Gasteiger partial charge in [-0.15, -0.1) is 0 Å². The third kappa shape index (κ3) is 8.21. The van der Waals surface area contributed by atoms with Crippen LogP contribution < -0.4 is 10.4 Å². The maximum Gasteiger partial charge on any atom is 0.407 e. The summed E-state index contributed by atoms with van der Waals surface area (Å²) >= 11 is 0. The average Bonchev–Trinajstić information content (AvgIpc) is 2.77. The quantitative estimate of drug-likeness (QED) is 0.236. The second-order valence-corrected chi connectivity index (χ2v) is 12.7. The smallest absolute Gasteiger partial charge is 0.388 e. The van der Waals surface area contributed by atoms with E-state index < -0.39 is 8.56 Å². The van der Waals surface area contributed by atoms with Gasteiger partial charge in [0.1, 0.15) is 0 Å². The Kier molecular flexibility index (Phi) is 11.0. The minimum absolute atomic E-state index is 0.0453. The normalized spacial score (nSPS) is 13.3. The molecule has 1 unspecified atom stereocenters. The number of benzene rings is 2. The van der Waals surface area contributed by atoms with E-state index in [4.69, 9.17) is 8.85 Å². The molecule has 0 heterocycles. The van der Waals surface area contributed by atoms with E-state index in [0.29, 0.717) is 0 Å². The second-order valence-electron chi connectivity index (χ2n) is 9.80. The molecule has 2 rings (SSSR count). The predicted octanol–water partition coefficient (Wildman–Crippen LogP) is 6.85. The van der Waals surface area contributed by atoms with Crippen molar-refractivity contribution < 1.29 is 8.85 Å². The van der Waals surface area contributed by atoms with Crippen LogP contribution in [0.2, 0.25) is 0 Å². The number of unbranched alkanes of at least 4 members (excludes halogenated alkanes) is 7. The van der Waals surface area contributed by atoms with Gasteiger partial charge in [-0.2, -0.15) is 0 Å². The molecule has 2 nitrogen and oxygen atoms in total. The van der Waals surface area contributed by atoms with Crippen LogP contribution in [-0.2, 0) is 8.85 Å². The fourth-order valence-corrected chi connectivity index (χ4v) is 7.25. The lowest BCUT2D eigenvalue weighted by Crippen LogP contribution is -2.65. The van der Waals surface area contributed by atoms with Crippen molar-refractivity contribution in [2.75, 3.05) is 6.61 Å². The third-order valence-electron chi connectivity index (χ3n) is 6.17. The van der Waals surface area contributed by atoms with Crippen molar-refractivity contribution in [1.82, 2.24) is 0 Å². The van der Waals surface area contributed by atoms with Crippen LogP contribution in [0.15, 0.2) is 60.7 Å². The maximum absolute atomic E-state index is 6.96. The fraction of sp³-hybridized carbons (Fsp3) is 0.571. The summed E-state index contributed by atoms with van der Waals surface area (Å²) in [5, 5.41) is 2.38. The molecule has 2 aromatic rings. The zero-order chi connectivity index (χ0) is 22.6. The van der Waals surface area contributed by atoms with Crippen LogP contribution in [0.1, 0.15) is 86.0 Å². The summed E-state index contributed by atoms with van der Waals surface area (Å²) in [5.41, 5.74) is 0.0453. The zero-order valence-corrected chi connectivity index (χ0v) is 21.5. The Bertz CT molecular complexity index is 669. The van der Waals surface area contributed by atoms with Crippen molar-refractivity contribution in [1.29, 1.82) is 0 Å². The summed E-state index contributed by atoms with van der Waals surface area (Å²) < 4.78 is 13.8. The molecule has 2 aromatic carbocycles. The van der Waals surface area contributed by atoms with Crippen molar-refractivity contribution in [3.8, 4) is 0 Å². The molecular formula is C28H44O2Si. The molecule has 0 saturated carbocycles. The number of hydrogen-bond donors (Lipinski definition) is 0. The lowest BCUT2D eigenvalue weighted by molar-refractivity contribution is 0.0637. The first-order valence-corrected chi connectivity index (χ1v) is 14.1. The zero-order valence-electron chi connectivity index (χ0n) is 20.5. The second kappa shape index (κ2) is 13.2. The average molecular weight is 441 g/mol. The standard InChI is InChI=1S/C28H44O2Si/c1-6-7-8-9-10-11-12-19-24-29-31(26-20-15-13-16-21-26,27-22-17-14-18-23-27)30-25(2)28(3,4)5/h13-18,20-23,25H,6-12,19,24H2,1-5H3. The molecule has 31 heavy (non-hydrogen) atoms. The van der Waals surface area contributed by atoms with Crippen molar-refractivity contribution in [2.45, 2.75) is 92.1 Å². The molecule has 0 bridgehead atoms. The first-order valence-electron chi connectivity index (χ1n) is 12.3. The van der Waals surface area contributed by atoms with Gasteiger partial charge in [0.2, 0.25) is 0 Å². The Hall–Kier alpha value is -1.42. The minimum Gasteiger partial charge on any atom is -0.388 e. The first-order chi connectivity index (χ1) is 14.9. The van der Waals surface area contributed by atoms with Gasteiger partial charge in [0.05, 0.1) is 0 Å². The Morgan fingerprint density at radius 1 is 0.710 bits per heavy atom. The first kappa shape index (κ1) is 25.8. The molecule has 1 atom stereocenters. The van der Waals surface area contributed by atoms with Gasteiger partial charge in [-0.05, 0) is 29.1 Å². The van der Waals surface area contributed by atoms with Gasteiger partial charge in [-0.3, -0.25) is 0 Å². The van der Waals surface area contributed by atoms with Crippen LogP contribution in [0.25, 0.3) is 0 Å². The van der Waals surface area contributed by atoms with E-state index in [1.807, 2.05) is 0 Å². The SMILES string of the molecule is CCCCCCCCCCO[Si](OC(C)C(C)(C)C)(c1ccccc1)c1ccccc1. The highest BCUT2D eigenvalue weighted by molar-refractivity contribution is 6.92. The molecule has 0 aliphatic carbocycles. The fourth-order valence-electron chi connectivity index (χ4n) is 3.70. The van der Waals surface area contributed by atoms with Gasteiger partial charge in [-0.1, -0.05) is 133 Å². The van der Waals surface area contributed by atoms with Crippen LogP contribution in [0.5, 0.6) is 0 Å². The Morgan fingerprint density at radius 2 is 1.16 bits per heavy atom. The predicted molar refractivity (Wildman–Crippen MR) is 136 cm³/mol. The highest BCUT2D eigenvalue weighted by Crippen LogP contribution is 2.26. The van der Waals surface area contributed by atoms with Gasteiger partial charge in [-0.25, -0.2) is 0 Å². The number of hydrogen-bond acceptors (Lipinski definition) is 2. The molecule has 0 saturated heterocycles. The van der Waals surface area contributed by atoms with E-state index in [9.17, 15) is 0 Å². The van der Waals surface area contributed by atoms with Gasteiger partial charge in [0.25, 0.3) is 0 Å². The number of rotatable bonds is 14. The van der Waals surface area contributed by atoms with Crippen molar-refractivity contribution in [3.63, 3.8) is 0 Å². The molecule has 0 spiro atoms. The molecule has 0 amide bonds. The summed E-state index contributed by atoms with van der Waals surface area (Å²) in [6, 6.07) is 21.3. The van der Waals surface area contributed by atoms with E-state index >= 15 is 0 Å². The summed E-state index contributed by atoms with van der Waals surface area (Å²) in [6.45, 7) is 11.9. The summed E-state index contributed by atoms with van der Waals surface area (Å²) in [6.07, 6.45) is 10.5.